The second-order valence-electron chi connectivity index (χ2n) is 7.65. The third-order valence-corrected chi connectivity index (χ3v) is 5.54. The minimum absolute atomic E-state index is 0.0327. The first-order valence-corrected chi connectivity index (χ1v) is 10.6. The van der Waals surface area contributed by atoms with Crippen molar-refractivity contribution in [3.63, 3.8) is 0 Å². The number of hydrogen-bond acceptors (Lipinski definition) is 5. The number of nitrogens with one attached hydrogen (secondary N) is 1. The molecule has 0 radical (unpaired) electrons. The van der Waals surface area contributed by atoms with Gasteiger partial charge in [0.1, 0.15) is 23.7 Å². The van der Waals surface area contributed by atoms with Gasteiger partial charge in [0.05, 0.1) is 0 Å². The molecule has 1 saturated heterocycles. The van der Waals surface area contributed by atoms with Crippen molar-refractivity contribution >= 4 is 29.1 Å². The van der Waals surface area contributed by atoms with Crippen LogP contribution >= 0.6 is 11.6 Å². The molecule has 1 aromatic heterocycles. The summed E-state index contributed by atoms with van der Waals surface area (Å²) in [6, 6.07) is 12.9. The van der Waals surface area contributed by atoms with E-state index in [-0.39, 0.29) is 17.9 Å². The molecule has 1 N–H and O–H groups in total. The van der Waals surface area contributed by atoms with E-state index in [1.165, 1.54) is 18.5 Å². The Kier molecular flexibility index (Phi) is 6.41. The van der Waals surface area contributed by atoms with Gasteiger partial charge in [0.15, 0.2) is 0 Å². The quantitative estimate of drug-likeness (QED) is 0.591. The van der Waals surface area contributed by atoms with Gasteiger partial charge in [-0.15, -0.1) is 0 Å². The Hall–Kier alpha value is -3.39. The van der Waals surface area contributed by atoms with Gasteiger partial charge in [0.2, 0.25) is 5.88 Å². The van der Waals surface area contributed by atoms with Crippen molar-refractivity contribution in [3.8, 4) is 11.6 Å². The predicted octanol–water partition coefficient (Wildman–Crippen LogP) is 5.11. The number of carbonyl (C=O) groups is 1. The highest BCUT2D eigenvalue weighted by molar-refractivity contribution is 6.30. The van der Waals surface area contributed by atoms with Crippen LogP contribution in [0.15, 0.2) is 54.9 Å². The van der Waals surface area contributed by atoms with Crippen molar-refractivity contribution in [1.82, 2.24) is 14.9 Å². The molecule has 2 aromatic carbocycles. The molecular weight excluding hydrogens is 433 g/mol. The lowest BCUT2D eigenvalue weighted by Crippen LogP contribution is -2.55. The fraction of sp³-hybridized carbons (Fsp3) is 0.261. The summed E-state index contributed by atoms with van der Waals surface area (Å²) in [5.41, 5.74) is 1.38. The SMILES string of the molecule is Cc1cc(F)ccc1Oc1cc(N2CCN(C(=O)Nc3ccc(Cl)cc3)C(C)C2)ncn1. The number of amides is 2. The number of hydrogen-bond donors (Lipinski definition) is 1. The van der Waals surface area contributed by atoms with Crippen LogP contribution in [-0.4, -0.2) is 46.6 Å². The molecule has 1 aliphatic rings. The van der Waals surface area contributed by atoms with Gasteiger partial charge in [-0.1, -0.05) is 11.6 Å². The van der Waals surface area contributed by atoms with E-state index in [1.807, 2.05) is 6.92 Å². The minimum atomic E-state index is -0.315. The Bertz CT molecular complexity index is 1110. The summed E-state index contributed by atoms with van der Waals surface area (Å²) in [4.78, 5) is 25.1. The van der Waals surface area contributed by atoms with Crippen LogP contribution < -0.4 is 15.0 Å². The van der Waals surface area contributed by atoms with Crippen molar-refractivity contribution in [2.75, 3.05) is 29.9 Å². The zero-order valence-corrected chi connectivity index (χ0v) is 18.5. The first-order chi connectivity index (χ1) is 15.4. The first-order valence-electron chi connectivity index (χ1n) is 10.2. The molecule has 1 fully saturated rings. The predicted molar refractivity (Wildman–Crippen MR) is 122 cm³/mol. The first kappa shape index (κ1) is 21.8. The fourth-order valence-electron chi connectivity index (χ4n) is 3.59. The normalized spacial score (nSPS) is 16.1. The van der Waals surface area contributed by atoms with Crippen LogP contribution in [-0.2, 0) is 0 Å². The van der Waals surface area contributed by atoms with Crippen LogP contribution in [0.5, 0.6) is 11.6 Å². The Morgan fingerprint density at radius 1 is 1.16 bits per heavy atom. The monoisotopic (exact) mass is 455 g/mol. The maximum atomic E-state index is 13.3. The third-order valence-electron chi connectivity index (χ3n) is 5.29. The van der Waals surface area contributed by atoms with Gasteiger partial charge in [-0.3, -0.25) is 0 Å². The molecular formula is C23H23ClFN5O2. The van der Waals surface area contributed by atoms with Crippen molar-refractivity contribution in [3.05, 3.63) is 71.3 Å². The van der Waals surface area contributed by atoms with Gasteiger partial charge in [-0.25, -0.2) is 19.2 Å². The number of aryl methyl sites for hydroxylation is 1. The van der Waals surface area contributed by atoms with Crippen LogP contribution in [0, 0.1) is 12.7 Å². The number of carbonyl (C=O) groups excluding carboxylic acids is 1. The van der Waals surface area contributed by atoms with E-state index in [0.29, 0.717) is 53.4 Å². The Labute approximate surface area is 190 Å². The zero-order chi connectivity index (χ0) is 22.7. The van der Waals surface area contributed by atoms with Crippen molar-refractivity contribution in [1.29, 1.82) is 0 Å². The topological polar surface area (TPSA) is 70.6 Å². The molecule has 2 heterocycles. The average Bonchev–Trinajstić information content (AvgIpc) is 2.77. The lowest BCUT2D eigenvalue weighted by Gasteiger charge is -2.40. The number of nitrogens with zero attached hydrogens (tertiary/aromatic N) is 4. The van der Waals surface area contributed by atoms with Crippen molar-refractivity contribution < 1.29 is 13.9 Å². The van der Waals surface area contributed by atoms with Gasteiger partial charge in [-0.05, 0) is 61.9 Å². The van der Waals surface area contributed by atoms with E-state index in [0.717, 1.165) is 0 Å². The number of ether oxygens (including phenoxy) is 1. The van der Waals surface area contributed by atoms with E-state index in [4.69, 9.17) is 16.3 Å². The molecule has 1 unspecified atom stereocenters. The molecule has 0 saturated carbocycles. The van der Waals surface area contributed by atoms with E-state index < -0.39 is 0 Å². The van der Waals surface area contributed by atoms with Gasteiger partial charge in [0.25, 0.3) is 0 Å². The van der Waals surface area contributed by atoms with Gasteiger partial charge in [0, 0.05) is 42.5 Å². The largest absolute Gasteiger partial charge is 0.439 e. The number of piperazine rings is 1. The molecule has 2 amide bonds. The molecule has 166 valence electrons. The third kappa shape index (κ3) is 5.08. The maximum Gasteiger partial charge on any atom is 0.322 e. The fourth-order valence-corrected chi connectivity index (χ4v) is 3.72. The molecule has 4 rings (SSSR count). The summed E-state index contributed by atoms with van der Waals surface area (Å²) in [5, 5.41) is 3.53. The molecule has 3 aromatic rings. The van der Waals surface area contributed by atoms with Crippen LogP contribution in [0.25, 0.3) is 0 Å². The van der Waals surface area contributed by atoms with E-state index in [9.17, 15) is 9.18 Å². The summed E-state index contributed by atoms with van der Waals surface area (Å²) < 4.78 is 19.2. The van der Waals surface area contributed by atoms with Crippen molar-refractivity contribution in [2.45, 2.75) is 19.9 Å². The van der Waals surface area contributed by atoms with E-state index in [1.54, 1.807) is 48.2 Å². The number of rotatable bonds is 4. The standard InChI is InChI=1S/C23H23ClFN5O2/c1-15-11-18(25)5-8-20(15)32-22-12-21(26-14-27-22)29-9-10-30(16(2)13-29)23(31)28-19-6-3-17(24)4-7-19/h3-8,11-12,14,16H,9-10,13H2,1-2H3,(H,28,31). The van der Waals surface area contributed by atoms with Gasteiger partial charge >= 0.3 is 6.03 Å². The second-order valence-corrected chi connectivity index (χ2v) is 8.09. The molecule has 0 spiro atoms. The molecule has 9 heteroatoms. The highest BCUT2D eigenvalue weighted by Crippen LogP contribution is 2.27. The number of halogens is 2. The highest BCUT2D eigenvalue weighted by Gasteiger charge is 2.28. The number of aromatic nitrogens is 2. The summed E-state index contributed by atoms with van der Waals surface area (Å²) in [6.07, 6.45) is 1.44. The number of benzene rings is 2. The zero-order valence-electron chi connectivity index (χ0n) is 17.8. The minimum Gasteiger partial charge on any atom is -0.439 e. The summed E-state index contributed by atoms with van der Waals surface area (Å²) in [7, 11) is 0. The highest BCUT2D eigenvalue weighted by atomic mass is 35.5. The summed E-state index contributed by atoms with van der Waals surface area (Å²) in [5.74, 6) is 1.30. The molecule has 7 nitrogen and oxygen atoms in total. The number of anilines is 2. The molecule has 0 bridgehead atoms. The van der Waals surface area contributed by atoms with E-state index >= 15 is 0 Å². The lowest BCUT2D eigenvalue weighted by molar-refractivity contribution is 0.184. The van der Waals surface area contributed by atoms with Gasteiger partial charge in [-0.2, -0.15) is 0 Å². The summed E-state index contributed by atoms with van der Waals surface area (Å²) in [6.45, 7) is 5.53. The van der Waals surface area contributed by atoms with Gasteiger partial charge < -0.3 is 19.9 Å². The van der Waals surface area contributed by atoms with Crippen LogP contribution in [0.1, 0.15) is 12.5 Å². The molecule has 32 heavy (non-hydrogen) atoms. The van der Waals surface area contributed by atoms with Crippen LogP contribution in [0.4, 0.5) is 20.7 Å². The second kappa shape index (κ2) is 9.40. The summed E-state index contributed by atoms with van der Waals surface area (Å²) >= 11 is 5.90. The number of urea groups is 1. The molecule has 0 aliphatic carbocycles. The smallest absolute Gasteiger partial charge is 0.322 e. The van der Waals surface area contributed by atoms with Crippen molar-refractivity contribution in [2.24, 2.45) is 0 Å². The van der Waals surface area contributed by atoms with Crippen LogP contribution in [0.2, 0.25) is 5.02 Å². The Balaban J connectivity index is 1.40. The Morgan fingerprint density at radius 2 is 1.94 bits per heavy atom. The lowest BCUT2D eigenvalue weighted by atomic mass is 10.2. The molecule has 1 atom stereocenters. The molecule has 1 aliphatic heterocycles. The average molecular weight is 456 g/mol. The Morgan fingerprint density at radius 3 is 2.66 bits per heavy atom. The van der Waals surface area contributed by atoms with Crippen LogP contribution in [0.3, 0.4) is 0 Å². The maximum absolute atomic E-state index is 13.3. The van der Waals surface area contributed by atoms with E-state index in [2.05, 4.69) is 20.2 Å².